The summed E-state index contributed by atoms with van der Waals surface area (Å²) in [6, 6.07) is 10.3. The molecule has 0 radical (unpaired) electrons. The average molecular weight is 265 g/mol. The van der Waals surface area contributed by atoms with Crippen molar-refractivity contribution in [1.29, 1.82) is 0 Å². The number of rotatable bonds is 8. The summed E-state index contributed by atoms with van der Waals surface area (Å²) in [7, 11) is 0. The molecule has 3 nitrogen and oxygen atoms in total. The van der Waals surface area contributed by atoms with Crippen molar-refractivity contribution in [3.05, 3.63) is 35.9 Å². The van der Waals surface area contributed by atoms with E-state index in [9.17, 15) is 10.2 Å². The fourth-order valence-corrected chi connectivity index (χ4v) is 2.28. The highest BCUT2D eigenvalue weighted by molar-refractivity contribution is 5.14. The molecule has 1 aromatic carbocycles. The summed E-state index contributed by atoms with van der Waals surface area (Å²) >= 11 is 0. The maximum atomic E-state index is 9.91. The molecule has 0 heterocycles. The van der Waals surface area contributed by atoms with Crippen molar-refractivity contribution in [2.45, 2.75) is 45.9 Å². The van der Waals surface area contributed by atoms with E-state index >= 15 is 0 Å². The van der Waals surface area contributed by atoms with Gasteiger partial charge in [-0.1, -0.05) is 51.1 Å². The summed E-state index contributed by atoms with van der Waals surface area (Å²) < 4.78 is 0. The molecule has 1 unspecified atom stereocenters. The zero-order valence-corrected chi connectivity index (χ0v) is 12.3. The van der Waals surface area contributed by atoms with Crippen LogP contribution in [-0.2, 0) is 6.54 Å². The van der Waals surface area contributed by atoms with Crippen molar-refractivity contribution in [2.75, 3.05) is 13.2 Å². The third-order valence-corrected chi connectivity index (χ3v) is 3.57. The predicted molar refractivity (Wildman–Crippen MR) is 78.9 cm³/mol. The Morgan fingerprint density at radius 3 is 2.26 bits per heavy atom. The van der Waals surface area contributed by atoms with Crippen LogP contribution in [0, 0.1) is 5.92 Å². The van der Waals surface area contributed by atoms with Crippen LogP contribution in [0.4, 0.5) is 0 Å². The molecule has 0 aliphatic rings. The second-order valence-corrected chi connectivity index (χ2v) is 5.47. The first-order chi connectivity index (χ1) is 9.08. The summed E-state index contributed by atoms with van der Waals surface area (Å²) in [6.07, 6.45) is 0.401. The van der Waals surface area contributed by atoms with Crippen molar-refractivity contribution in [2.24, 2.45) is 5.92 Å². The summed E-state index contributed by atoms with van der Waals surface area (Å²) in [4.78, 5) is 2.19. The van der Waals surface area contributed by atoms with Gasteiger partial charge in [0.25, 0.3) is 0 Å². The van der Waals surface area contributed by atoms with E-state index in [-0.39, 0.29) is 18.8 Å². The lowest BCUT2D eigenvalue weighted by Gasteiger charge is -2.34. The number of nitrogens with zero attached hydrogens (tertiary/aromatic N) is 1. The first-order valence-electron chi connectivity index (χ1n) is 7.15. The minimum Gasteiger partial charge on any atom is -0.395 e. The van der Waals surface area contributed by atoms with Crippen molar-refractivity contribution < 1.29 is 10.2 Å². The summed E-state index contributed by atoms with van der Waals surface area (Å²) in [5.41, 5.74) is 1.21. The van der Waals surface area contributed by atoms with Crippen molar-refractivity contribution in [3.8, 4) is 0 Å². The first-order valence-corrected chi connectivity index (χ1v) is 7.15. The third-order valence-electron chi connectivity index (χ3n) is 3.57. The van der Waals surface area contributed by atoms with E-state index in [2.05, 4.69) is 30.9 Å². The normalized spacial score (nSPS) is 14.9. The molecule has 108 valence electrons. The maximum Gasteiger partial charge on any atom is 0.0664 e. The van der Waals surface area contributed by atoms with Crippen molar-refractivity contribution >= 4 is 0 Å². The van der Waals surface area contributed by atoms with Gasteiger partial charge in [-0.15, -0.1) is 0 Å². The summed E-state index contributed by atoms with van der Waals surface area (Å²) in [5.74, 6) is 0.359. The molecule has 0 bridgehead atoms. The van der Waals surface area contributed by atoms with Gasteiger partial charge in [0.05, 0.1) is 12.7 Å². The van der Waals surface area contributed by atoms with E-state index in [4.69, 9.17) is 0 Å². The SMILES string of the molecule is CC[C@@H](O)CN(Cc1ccccc1)C(CO)C(C)C. The van der Waals surface area contributed by atoms with Crippen LogP contribution >= 0.6 is 0 Å². The van der Waals surface area contributed by atoms with E-state index in [1.165, 1.54) is 5.56 Å². The lowest BCUT2D eigenvalue weighted by atomic mass is 10.0. The zero-order chi connectivity index (χ0) is 14.3. The highest BCUT2D eigenvalue weighted by Gasteiger charge is 2.23. The summed E-state index contributed by atoms with van der Waals surface area (Å²) in [6.45, 7) is 7.69. The number of benzene rings is 1. The van der Waals surface area contributed by atoms with Gasteiger partial charge in [-0.2, -0.15) is 0 Å². The lowest BCUT2D eigenvalue weighted by Crippen LogP contribution is -2.44. The Labute approximate surface area is 116 Å². The molecule has 0 aromatic heterocycles. The number of hydrogen-bond donors (Lipinski definition) is 2. The molecule has 3 heteroatoms. The Hall–Kier alpha value is -0.900. The van der Waals surface area contributed by atoms with E-state index < -0.39 is 0 Å². The average Bonchev–Trinajstić information content (AvgIpc) is 2.40. The second kappa shape index (κ2) is 8.31. The monoisotopic (exact) mass is 265 g/mol. The molecule has 2 N–H and O–H groups in total. The second-order valence-electron chi connectivity index (χ2n) is 5.47. The zero-order valence-electron chi connectivity index (χ0n) is 12.3. The Bertz CT molecular complexity index is 340. The van der Waals surface area contributed by atoms with Crippen LogP contribution in [-0.4, -0.2) is 40.4 Å². The molecular weight excluding hydrogens is 238 g/mol. The van der Waals surface area contributed by atoms with Gasteiger partial charge in [-0.05, 0) is 17.9 Å². The van der Waals surface area contributed by atoms with Crippen LogP contribution in [0.1, 0.15) is 32.8 Å². The van der Waals surface area contributed by atoms with Gasteiger partial charge >= 0.3 is 0 Å². The van der Waals surface area contributed by atoms with Crippen LogP contribution in [0.3, 0.4) is 0 Å². The minimum absolute atomic E-state index is 0.0846. The molecule has 0 amide bonds. The van der Waals surface area contributed by atoms with Crippen LogP contribution in [0.2, 0.25) is 0 Å². The van der Waals surface area contributed by atoms with Crippen molar-refractivity contribution in [1.82, 2.24) is 4.90 Å². The standard InChI is InChI=1S/C16H27NO2/c1-4-15(19)11-17(16(12-18)13(2)3)10-14-8-6-5-7-9-14/h5-9,13,15-16,18-19H,4,10-12H2,1-3H3/t15-,16?/m1/s1. The number of aliphatic hydroxyl groups excluding tert-OH is 2. The molecule has 1 aromatic rings. The molecule has 1 rings (SSSR count). The van der Waals surface area contributed by atoms with Gasteiger partial charge in [-0.3, -0.25) is 4.90 Å². The van der Waals surface area contributed by atoms with Gasteiger partial charge in [0.15, 0.2) is 0 Å². The Kier molecular flexibility index (Phi) is 7.06. The van der Waals surface area contributed by atoms with Gasteiger partial charge in [0, 0.05) is 19.1 Å². The van der Waals surface area contributed by atoms with Crippen molar-refractivity contribution in [3.63, 3.8) is 0 Å². The van der Waals surface area contributed by atoms with Gasteiger partial charge in [-0.25, -0.2) is 0 Å². The quantitative estimate of drug-likeness (QED) is 0.758. The Balaban J connectivity index is 2.79. The topological polar surface area (TPSA) is 43.7 Å². The molecule has 0 saturated heterocycles. The van der Waals surface area contributed by atoms with Crippen LogP contribution in [0.15, 0.2) is 30.3 Å². The first kappa shape index (κ1) is 16.2. The molecule has 0 aliphatic heterocycles. The van der Waals surface area contributed by atoms with E-state index in [0.717, 1.165) is 13.0 Å². The van der Waals surface area contributed by atoms with Crippen LogP contribution < -0.4 is 0 Å². The predicted octanol–water partition coefficient (Wildman–Crippen LogP) is 2.28. The maximum absolute atomic E-state index is 9.91. The minimum atomic E-state index is -0.337. The van der Waals surface area contributed by atoms with Crippen LogP contribution in [0.5, 0.6) is 0 Å². The van der Waals surface area contributed by atoms with E-state index in [0.29, 0.717) is 12.5 Å². The fourth-order valence-electron chi connectivity index (χ4n) is 2.28. The molecule has 19 heavy (non-hydrogen) atoms. The Morgan fingerprint density at radius 2 is 1.79 bits per heavy atom. The molecule has 0 spiro atoms. The molecular formula is C16H27NO2. The molecule has 0 saturated carbocycles. The van der Waals surface area contributed by atoms with Gasteiger partial charge in [0.2, 0.25) is 0 Å². The van der Waals surface area contributed by atoms with Gasteiger partial charge in [0.1, 0.15) is 0 Å². The fraction of sp³-hybridized carbons (Fsp3) is 0.625. The largest absolute Gasteiger partial charge is 0.395 e. The lowest BCUT2D eigenvalue weighted by molar-refractivity contribution is 0.0371. The number of aliphatic hydroxyl groups is 2. The highest BCUT2D eigenvalue weighted by Crippen LogP contribution is 2.15. The Morgan fingerprint density at radius 1 is 1.16 bits per heavy atom. The highest BCUT2D eigenvalue weighted by atomic mass is 16.3. The molecule has 0 aliphatic carbocycles. The smallest absolute Gasteiger partial charge is 0.0664 e. The van der Waals surface area contributed by atoms with Crippen LogP contribution in [0.25, 0.3) is 0 Å². The van der Waals surface area contributed by atoms with E-state index in [1.807, 2.05) is 25.1 Å². The van der Waals surface area contributed by atoms with E-state index in [1.54, 1.807) is 0 Å². The third kappa shape index (κ3) is 5.31. The summed E-state index contributed by atoms with van der Waals surface area (Å²) in [5, 5.41) is 19.5. The van der Waals surface area contributed by atoms with Gasteiger partial charge < -0.3 is 10.2 Å². The number of hydrogen-bond acceptors (Lipinski definition) is 3. The molecule has 2 atom stereocenters. The molecule has 0 fully saturated rings.